The van der Waals surface area contributed by atoms with Gasteiger partial charge in [-0.25, -0.2) is 4.98 Å². The number of anilines is 2. The number of rotatable bonds is 4. The number of hydrogen-bond acceptors (Lipinski definition) is 5. The number of nitrogens with one attached hydrogen (secondary N) is 1. The quantitative estimate of drug-likeness (QED) is 0.742. The highest BCUT2D eigenvalue weighted by Gasteiger charge is 2.22. The second kappa shape index (κ2) is 8.26. The van der Waals surface area contributed by atoms with Crippen LogP contribution in [0.5, 0.6) is 0 Å². The third-order valence-electron chi connectivity index (χ3n) is 5.02. The van der Waals surface area contributed by atoms with Crippen LogP contribution < -0.4 is 10.2 Å². The lowest BCUT2D eigenvalue weighted by Gasteiger charge is -2.35. The number of carbonyl (C=O) groups is 2. The standard InChI is InChI=1S/C22H23N5O2/c1-16(28)24-18-8-6-17(7-9-18)14-22(29)27-12-10-26(11-13-27)21-15-23-19-4-2-3-5-20(19)25-21/h2-9,15H,10-14H2,1H3,(H,24,28). The third kappa shape index (κ3) is 4.51. The predicted octanol–water partition coefficient (Wildman–Crippen LogP) is 2.48. The Morgan fingerprint density at radius 1 is 0.966 bits per heavy atom. The number of aromatic nitrogens is 2. The monoisotopic (exact) mass is 389 g/mol. The Hall–Kier alpha value is -3.48. The van der Waals surface area contributed by atoms with Crippen molar-refractivity contribution in [2.45, 2.75) is 13.3 Å². The average Bonchev–Trinajstić information content (AvgIpc) is 2.74. The summed E-state index contributed by atoms with van der Waals surface area (Å²) in [6.07, 6.45) is 2.16. The first-order chi connectivity index (χ1) is 14.1. The molecule has 1 saturated heterocycles. The number of benzene rings is 2. The lowest BCUT2D eigenvalue weighted by atomic mass is 10.1. The zero-order chi connectivity index (χ0) is 20.2. The molecular formula is C22H23N5O2. The molecule has 1 aliphatic heterocycles. The fraction of sp³-hybridized carbons (Fsp3) is 0.273. The zero-order valence-electron chi connectivity index (χ0n) is 16.3. The summed E-state index contributed by atoms with van der Waals surface area (Å²) >= 11 is 0. The van der Waals surface area contributed by atoms with Crippen LogP contribution in [0, 0.1) is 0 Å². The molecule has 0 spiro atoms. The molecule has 2 heterocycles. The van der Waals surface area contributed by atoms with E-state index in [9.17, 15) is 9.59 Å². The largest absolute Gasteiger partial charge is 0.352 e. The van der Waals surface area contributed by atoms with E-state index in [-0.39, 0.29) is 11.8 Å². The summed E-state index contributed by atoms with van der Waals surface area (Å²) in [6, 6.07) is 15.2. The first kappa shape index (κ1) is 18.9. The number of hydrogen-bond donors (Lipinski definition) is 1. The van der Waals surface area contributed by atoms with Gasteiger partial charge in [0.2, 0.25) is 11.8 Å². The van der Waals surface area contributed by atoms with Crippen molar-refractivity contribution in [3.05, 3.63) is 60.3 Å². The van der Waals surface area contributed by atoms with E-state index >= 15 is 0 Å². The third-order valence-corrected chi connectivity index (χ3v) is 5.02. The second-order valence-corrected chi connectivity index (χ2v) is 7.14. The molecule has 0 unspecified atom stereocenters. The lowest BCUT2D eigenvalue weighted by molar-refractivity contribution is -0.130. The maximum absolute atomic E-state index is 12.7. The molecule has 4 rings (SSSR count). The van der Waals surface area contributed by atoms with Crippen molar-refractivity contribution >= 4 is 34.4 Å². The van der Waals surface area contributed by atoms with E-state index in [0.29, 0.717) is 19.5 Å². The summed E-state index contributed by atoms with van der Waals surface area (Å²) in [5, 5.41) is 2.73. The molecule has 1 N–H and O–H groups in total. The van der Waals surface area contributed by atoms with Gasteiger partial charge in [0, 0.05) is 38.8 Å². The van der Waals surface area contributed by atoms with E-state index in [1.54, 1.807) is 6.20 Å². The zero-order valence-corrected chi connectivity index (χ0v) is 16.3. The van der Waals surface area contributed by atoms with Gasteiger partial charge in [0.25, 0.3) is 0 Å². The molecule has 2 aromatic carbocycles. The molecule has 3 aromatic rings. The van der Waals surface area contributed by atoms with Crippen molar-refractivity contribution in [1.29, 1.82) is 0 Å². The van der Waals surface area contributed by atoms with Crippen LogP contribution in [-0.4, -0.2) is 52.9 Å². The lowest BCUT2D eigenvalue weighted by Crippen LogP contribution is -2.49. The molecule has 0 bridgehead atoms. The summed E-state index contributed by atoms with van der Waals surface area (Å²) < 4.78 is 0. The maximum atomic E-state index is 12.7. The Morgan fingerprint density at radius 3 is 2.34 bits per heavy atom. The molecule has 1 aliphatic rings. The van der Waals surface area contributed by atoms with Gasteiger partial charge >= 0.3 is 0 Å². The van der Waals surface area contributed by atoms with Gasteiger partial charge < -0.3 is 15.1 Å². The van der Waals surface area contributed by atoms with Crippen LogP contribution in [-0.2, 0) is 16.0 Å². The molecule has 7 heteroatoms. The molecule has 148 valence electrons. The SMILES string of the molecule is CC(=O)Nc1ccc(CC(=O)N2CCN(c3cnc4ccccc4n3)CC2)cc1. The number of fused-ring (bicyclic) bond motifs is 1. The summed E-state index contributed by atoms with van der Waals surface area (Å²) in [7, 11) is 0. The van der Waals surface area contributed by atoms with Crippen LogP contribution in [0.2, 0.25) is 0 Å². The number of amides is 2. The molecular weight excluding hydrogens is 366 g/mol. The molecule has 1 aromatic heterocycles. The molecule has 0 saturated carbocycles. The maximum Gasteiger partial charge on any atom is 0.227 e. The van der Waals surface area contributed by atoms with Gasteiger partial charge in [0.1, 0.15) is 5.82 Å². The second-order valence-electron chi connectivity index (χ2n) is 7.14. The number of carbonyl (C=O) groups excluding carboxylic acids is 2. The molecule has 29 heavy (non-hydrogen) atoms. The highest BCUT2D eigenvalue weighted by atomic mass is 16.2. The van der Waals surface area contributed by atoms with E-state index < -0.39 is 0 Å². The topological polar surface area (TPSA) is 78.4 Å². The van der Waals surface area contributed by atoms with Crippen molar-refractivity contribution < 1.29 is 9.59 Å². The molecule has 0 aliphatic carbocycles. The summed E-state index contributed by atoms with van der Waals surface area (Å²) in [5.41, 5.74) is 3.44. The fourth-order valence-corrected chi connectivity index (χ4v) is 3.48. The Morgan fingerprint density at radius 2 is 1.66 bits per heavy atom. The van der Waals surface area contributed by atoms with Gasteiger partial charge in [-0.05, 0) is 29.8 Å². The minimum absolute atomic E-state index is 0.109. The van der Waals surface area contributed by atoms with E-state index in [2.05, 4.69) is 15.2 Å². The smallest absolute Gasteiger partial charge is 0.227 e. The molecule has 1 fully saturated rings. The van der Waals surface area contributed by atoms with Crippen LogP contribution in [0.1, 0.15) is 12.5 Å². The van der Waals surface area contributed by atoms with Crippen LogP contribution in [0.3, 0.4) is 0 Å². The van der Waals surface area contributed by atoms with Gasteiger partial charge in [0.15, 0.2) is 0 Å². The Balaban J connectivity index is 1.33. The highest BCUT2D eigenvalue weighted by molar-refractivity contribution is 5.88. The minimum atomic E-state index is -0.109. The predicted molar refractivity (Wildman–Crippen MR) is 113 cm³/mol. The van der Waals surface area contributed by atoms with Crippen LogP contribution in [0.15, 0.2) is 54.7 Å². The normalized spacial score (nSPS) is 14.1. The van der Waals surface area contributed by atoms with Gasteiger partial charge in [0.05, 0.1) is 23.7 Å². The number of nitrogens with zero attached hydrogens (tertiary/aromatic N) is 4. The van der Waals surface area contributed by atoms with Crippen LogP contribution in [0.4, 0.5) is 11.5 Å². The molecule has 0 atom stereocenters. The van der Waals surface area contributed by atoms with Gasteiger partial charge in [-0.3, -0.25) is 14.6 Å². The highest BCUT2D eigenvalue weighted by Crippen LogP contribution is 2.18. The van der Waals surface area contributed by atoms with Crippen molar-refractivity contribution in [2.24, 2.45) is 0 Å². The summed E-state index contributed by atoms with van der Waals surface area (Å²) in [5.74, 6) is 0.855. The van der Waals surface area contributed by atoms with E-state index in [0.717, 1.165) is 41.2 Å². The van der Waals surface area contributed by atoms with Gasteiger partial charge in [-0.1, -0.05) is 24.3 Å². The van der Waals surface area contributed by atoms with Crippen LogP contribution >= 0.6 is 0 Å². The van der Waals surface area contributed by atoms with Gasteiger partial charge in [-0.15, -0.1) is 0 Å². The van der Waals surface area contributed by atoms with Crippen molar-refractivity contribution in [1.82, 2.24) is 14.9 Å². The van der Waals surface area contributed by atoms with Crippen molar-refractivity contribution in [3.63, 3.8) is 0 Å². The fourth-order valence-electron chi connectivity index (χ4n) is 3.48. The Labute approximate surface area is 169 Å². The van der Waals surface area contributed by atoms with Crippen molar-refractivity contribution in [3.8, 4) is 0 Å². The summed E-state index contributed by atoms with van der Waals surface area (Å²) in [6.45, 7) is 4.27. The van der Waals surface area contributed by atoms with Crippen molar-refractivity contribution in [2.75, 3.05) is 36.4 Å². The molecule has 2 amide bonds. The molecule has 0 radical (unpaired) electrons. The Bertz CT molecular complexity index is 1030. The average molecular weight is 389 g/mol. The first-order valence-electron chi connectivity index (χ1n) is 9.69. The molecule has 7 nitrogen and oxygen atoms in total. The Kier molecular flexibility index (Phi) is 5.37. The number of para-hydroxylation sites is 2. The van der Waals surface area contributed by atoms with E-state index in [4.69, 9.17) is 4.98 Å². The number of piperazine rings is 1. The van der Waals surface area contributed by atoms with Crippen LogP contribution in [0.25, 0.3) is 11.0 Å². The van der Waals surface area contributed by atoms with Gasteiger partial charge in [-0.2, -0.15) is 0 Å². The van der Waals surface area contributed by atoms with E-state index in [1.165, 1.54) is 6.92 Å². The van der Waals surface area contributed by atoms with E-state index in [1.807, 2.05) is 53.4 Å². The first-order valence-corrected chi connectivity index (χ1v) is 9.69. The summed E-state index contributed by atoms with van der Waals surface area (Å²) in [4.78, 5) is 37.0. The minimum Gasteiger partial charge on any atom is -0.352 e.